The molecule has 226 valence electrons. The molecule has 0 fully saturated rings. The molecule has 9 rings (SSSR count). The molecule has 2 nitrogen and oxygen atoms in total. The molecule has 4 heteroatoms. The number of nitrogens with zero attached hydrogens (tertiary/aromatic N) is 2. The molecule has 7 aromatic carbocycles. The highest BCUT2D eigenvalue weighted by molar-refractivity contribution is 7.26. The lowest BCUT2D eigenvalue weighted by molar-refractivity contribution is 0.641. The zero-order valence-corrected chi connectivity index (χ0v) is 27.5. The number of halogens is 1. The first-order chi connectivity index (χ1) is 22.9. The van der Waals surface area contributed by atoms with E-state index in [0.29, 0.717) is 5.39 Å². The lowest BCUT2D eigenvalue weighted by Gasteiger charge is -2.18. The fraction of sp³-hybridized carbons (Fsp3) is 0.0930. The van der Waals surface area contributed by atoms with Gasteiger partial charge in [0.1, 0.15) is 11.6 Å². The third-order valence-electron chi connectivity index (χ3n) is 9.92. The predicted octanol–water partition coefficient (Wildman–Crippen LogP) is 12.4. The third-order valence-corrected chi connectivity index (χ3v) is 11.1. The quantitative estimate of drug-likeness (QED) is 0.178. The summed E-state index contributed by atoms with van der Waals surface area (Å²) in [6, 6.07) is 39.9. The van der Waals surface area contributed by atoms with E-state index in [0.717, 1.165) is 54.0 Å². The van der Waals surface area contributed by atoms with E-state index in [2.05, 4.69) is 117 Å². The average molecular weight is 627 g/mol. The smallest absolute Gasteiger partial charge is 0.147 e. The second-order valence-electron chi connectivity index (χ2n) is 12.7. The molecule has 0 saturated heterocycles. The second kappa shape index (κ2) is 10.3. The lowest BCUT2D eigenvalue weighted by atomic mass is 9.92. The average Bonchev–Trinajstić information content (AvgIpc) is 3.66. The Hall–Kier alpha value is -5.32. The largest absolute Gasteiger partial charge is 0.292 e. The first-order valence-corrected chi connectivity index (χ1v) is 16.8. The van der Waals surface area contributed by atoms with Crippen LogP contribution in [-0.2, 0) is 0 Å². The summed E-state index contributed by atoms with van der Waals surface area (Å²) in [5, 5.41) is 6.53. The Morgan fingerprint density at radius 2 is 1.26 bits per heavy atom. The number of thiophene rings is 1. The van der Waals surface area contributed by atoms with E-state index < -0.39 is 0 Å². The Morgan fingerprint density at radius 3 is 2.02 bits per heavy atom. The van der Waals surface area contributed by atoms with Crippen LogP contribution in [0, 0.1) is 33.5 Å². The predicted molar refractivity (Wildman–Crippen MR) is 199 cm³/mol. The van der Waals surface area contributed by atoms with Crippen LogP contribution in [0.2, 0.25) is 0 Å². The summed E-state index contributed by atoms with van der Waals surface area (Å²) in [5.74, 6) is 0.621. The van der Waals surface area contributed by atoms with Gasteiger partial charge in [0.2, 0.25) is 0 Å². The topological polar surface area (TPSA) is 17.8 Å². The Balaban J connectivity index is 1.42. The van der Waals surface area contributed by atoms with Crippen LogP contribution in [0.25, 0.3) is 81.0 Å². The summed E-state index contributed by atoms with van der Waals surface area (Å²) in [4.78, 5) is 5.43. The van der Waals surface area contributed by atoms with Crippen molar-refractivity contribution >= 4 is 64.1 Å². The van der Waals surface area contributed by atoms with Gasteiger partial charge in [-0.05, 0) is 125 Å². The van der Waals surface area contributed by atoms with Crippen molar-refractivity contribution in [2.45, 2.75) is 27.7 Å². The van der Waals surface area contributed by atoms with E-state index in [-0.39, 0.29) is 5.82 Å². The van der Waals surface area contributed by atoms with Crippen LogP contribution in [0.15, 0.2) is 115 Å². The van der Waals surface area contributed by atoms with Gasteiger partial charge in [-0.15, -0.1) is 11.3 Å². The van der Waals surface area contributed by atoms with E-state index in [1.165, 1.54) is 43.8 Å². The maximum atomic E-state index is 15.6. The molecule has 0 aliphatic carbocycles. The number of hydrogen-bond donors (Lipinski definition) is 0. The summed E-state index contributed by atoms with van der Waals surface area (Å²) in [6.45, 7) is 8.82. The van der Waals surface area contributed by atoms with Gasteiger partial charge in [0.15, 0.2) is 0 Å². The van der Waals surface area contributed by atoms with E-state index in [1.807, 2.05) is 24.3 Å². The van der Waals surface area contributed by atoms with Crippen LogP contribution in [0.5, 0.6) is 0 Å². The van der Waals surface area contributed by atoms with E-state index >= 15 is 4.39 Å². The highest BCUT2D eigenvalue weighted by Gasteiger charge is 2.23. The normalized spacial score (nSPS) is 11.9. The summed E-state index contributed by atoms with van der Waals surface area (Å²) in [6.07, 6.45) is 0. The SMILES string of the molecule is Cc1cc(-c2ccccc2)cc(C)c1-n1c(-c2ccc(F)c3c2sc2ccccc23)nc2cc3c(cc21)c(C)c(C)c1ccccc13. The molecule has 0 aliphatic heterocycles. The van der Waals surface area contributed by atoms with Crippen molar-refractivity contribution in [2.24, 2.45) is 0 Å². The van der Waals surface area contributed by atoms with Crippen LogP contribution in [0.3, 0.4) is 0 Å². The Bertz CT molecular complexity index is 2710. The van der Waals surface area contributed by atoms with Gasteiger partial charge in [0, 0.05) is 25.7 Å². The summed E-state index contributed by atoms with van der Waals surface area (Å²) >= 11 is 1.64. The van der Waals surface area contributed by atoms with Crippen LogP contribution in [0.4, 0.5) is 4.39 Å². The lowest BCUT2D eigenvalue weighted by Crippen LogP contribution is -2.04. The molecule has 0 atom stereocenters. The van der Waals surface area contributed by atoms with Crippen molar-refractivity contribution < 1.29 is 4.39 Å². The van der Waals surface area contributed by atoms with Gasteiger partial charge in [0.25, 0.3) is 0 Å². The first kappa shape index (κ1) is 27.9. The molecular weight excluding hydrogens is 596 g/mol. The monoisotopic (exact) mass is 626 g/mol. The second-order valence-corrected chi connectivity index (χ2v) is 13.7. The van der Waals surface area contributed by atoms with Gasteiger partial charge in [-0.2, -0.15) is 0 Å². The van der Waals surface area contributed by atoms with Crippen molar-refractivity contribution in [1.29, 1.82) is 0 Å². The molecule has 2 aromatic heterocycles. The maximum absolute atomic E-state index is 15.6. The molecular formula is C43H31FN2S. The zero-order valence-electron chi connectivity index (χ0n) is 26.7. The molecule has 0 radical (unpaired) electrons. The number of aromatic nitrogens is 2. The Labute approximate surface area is 276 Å². The van der Waals surface area contributed by atoms with Gasteiger partial charge >= 0.3 is 0 Å². The summed E-state index contributed by atoms with van der Waals surface area (Å²) in [5.41, 5.74) is 11.3. The zero-order chi connectivity index (χ0) is 32.0. The van der Waals surface area contributed by atoms with Crippen LogP contribution in [-0.4, -0.2) is 9.55 Å². The van der Waals surface area contributed by atoms with Crippen molar-refractivity contribution in [3.8, 4) is 28.2 Å². The number of rotatable bonds is 3. The Kier molecular flexibility index (Phi) is 6.15. The van der Waals surface area contributed by atoms with Crippen LogP contribution in [0.1, 0.15) is 22.3 Å². The minimum absolute atomic E-state index is 0.202. The van der Waals surface area contributed by atoms with Crippen LogP contribution >= 0.6 is 11.3 Å². The van der Waals surface area contributed by atoms with Crippen molar-refractivity contribution in [1.82, 2.24) is 9.55 Å². The number of imidazole rings is 1. The number of aryl methyl sites for hydroxylation is 4. The van der Waals surface area contributed by atoms with Crippen LogP contribution < -0.4 is 0 Å². The minimum Gasteiger partial charge on any atom is -0.292 e. The van der Waals surface area contributed by atoms with Crippen molar-refractivity contribution in [3.63, 3.8) is 0 Å². The van der Waals surface area contributed by atoms with Gasteiger partial charge in [-0.25, -0.2) is 9.37 Å². The summed E-state index contributed by atoms with van der Waals surface area (Å²) < 4.78 is 19.9. The fourth-order valence-electron chi connectivity index (χ4n) is 7.58. The molecule has 0 unspecified atom stereocenters. The third kappa shape index (κ3) is 4.11. The standard InChI is InChI=1S/C43H31FN2S/c1-24-20-29(28-12-6-5-7-13-28)21-25(2)41(24)46-38-23-34-27(4)26(3)30-14-8-9-15-31(30)35(34)22-37(38)45-43(46)33-18-19-36(44)40-32-16-10-11-17-39(32)47-42(33)40/h5-23H,1-4H3. The molecule has 0 N–H and O–H groups in total. The first-order valence-electron chi connectivity index (χ1n) is 16.0. The van der Waals surface area contributed by atoms with Gasteiger partial charge in [0.05, 0.1) is 16.7 Å². The molecule has 9 aromatic rings. The number of hydrogen-bond acceptors (Lipinski definition) is 2. The molecule has 0 aliphatic rings. The van der Waals surface area contributed by atoms with E-state index in [1.54, 1.807) is 17.4 Å². The molecule has 0 spiro atoms. The molecule has 2 heterocycles. The van der Waals surface area contributed by atoms with Gasteiger partial charge < -0.3 is 0 Å². The van der Waals surface area contributed by atoms with Crippen molar-refractivity contribution in [3.05, 3.63) is 143 Å². The maximum Gasteiger partial charge on any atom is 0.147 e. The highest BCUT2D eigenvalue weighted by Crippen LogP contribution is 2.44. The highest BCUT2D eigenvalue weighted by atomic mass is 32.1. The number of fused-ring (bicyclic) bond motifs is 7. The minimum atomic E-state index is -0.202. The van der Waals surface area contributed by atoms with Gasteiger partial charge in [-0.3, -0.25) is 4.57 Å². The van der Waals surface area contributed by atoms with E-state index in [9.17, 15) is 0 Å². The summed E-state index contributed by atoms with van der Waals surface area (Å²) in [7, 11) is 0. The molecule has 0 amide bonds. The Morgan fingerprint density at radius 1 is 0.596 bits per heavy atom. The molecule has 47 heavy (non-hydrogen) atoms. The van der Waals surface area contributed by atoms with E-state index in [4.69, 9.17) is 4.98 Å². The van der Waals surface area contributed by atoms with Crippen molar-refractivity contribution in [2.75, 3.05) is 0 Å². The van der Waals surface area contributed by atoms with Gasteiger partial charge in [-0.1, -0.05) is 72.8 Å². The molecule has 0 bridgehead atoms. The molecule has 0 saturated carbocycles. The number of benzene rings is 7. The fourth-order valence-corrected chi connectivity index (χ4v) is 8.81.